The highest BCUT2D eigenvalue weighted by Gasteiger charge is 1.99. The van der Waals surface area contributed by atoms with Crippen molar-refractivity contribution in [1.29, 1.82) is 0 Å². The fraction of sp³-hybridized carbons (Fsp3) is 0.125. The third-order valence-corrected chi connectivity index (χ3v) is 2.88. The second-order valence-corrected chi connectivity index (χ2v) is 3.72. The SMILES string of the molecule is Cc1csc2cnc(Cl)cc12. The third kappa shape index (κ3) is 1.12. The highest BCUT2D eigenvalue weighted by Crippen LogP contribution is 2.25. The van der Waals surface area contributed by atoms with Gasteiger partial charge in [-0.3, -0.25) is 0 Å². The van der Waals surface area contributed by atoms with E-state index in [4.69, 9.17) is 11.6 Å². The first-order chi connectivity index (χ1) is 5.27. The van der Waals surface area contributed by atoms with Crippen molar-refractivity contribution < 1.29 is 0 Å². The molecule has 0 atom stereocenters. The quantitative estimate of drug-likeness (QED) is 0.572. The Labute approximate surface area is 73.6 Å². The number of halogens is 1. The van der Waals surface area contributed by atoms with Gasteiger partial charge in [0.2, 0.25) is 0 Å². The van der Waals surface area contributed by atoms with E-state index in [0.717, 1.165) is 0 Å². The van der Waals surface area contributed by atoms with Gasteiger partial charge in [0.05, 0.1) is 4.70 Å². The smallest absolute Gasteiger partial charge is 0.129 e. The Bertz CT molecular complexity index is 394. The molecule has 0 saturated heterocycles. The molecular formula is C8H6ClNS. The maximum absolute atomic E-state index is 5.74. The average molecular weight is 184 g/mol. The van der Waals surface area contributed by atoms with E-state index in [1.54, 1.807) is 11.3 Å². The molecule has 3 heteroatoms. The first kappa shape index (κ1) is 7.07. The van der Waals surface area contributed by atoms with Crippen LogP contribution in [0.2, 0.25) is 5.15 Å². The molecule has 0 aromatic carbocycles. The molecule has 0 spiro atoms. The lowest BCUT2D eigenvalue weighted by molar-refractivity contribution is 1.37. The zero-order valence-electron chi connectivity index (χ0n) is 5.97. The van der Waals surface area contributed by atoms with Gasteiger partial charge in [-0.1, -0.05) is 11.6 Å². The standard InChI is InChI=1S/C8H6ClNS/c1-5-4-11-7-3-10-8(9)2-6(5)7/h2-4H,1H3. The minimum Gasteiger partial charge on any atom is -0.243 e. The van der Waals surface area contributed by atoms with Crippen LogP contribution in [0.3, 0.4) is 0 Å². The number of hydrogen-bond donors (Lipinski definition) is 0. The van der Waals surface area contributed by atoms with Crippen molar-refractivity contribution >= 4 is 33.0 Å². The van der Waals surface area contributed by atoms with Gasteiger partial charge in [-0.15, -0.1) is 11.3 Å². The second kappa shape index (κ2) is 2.47. The summed E-state index contributed by atoms with van der Waals surface area (Å²) in [5, 5.41) is 3.90. The first-order valence-electron chi connectivity index (χ1n) is 3.27. The van der Waals surface area contributed by atoms with Crippen LogP contribution in [-0.2, 0) is 0 Å². The van der Waals surface area contributed by atoms with Gasteiger partial charge in [-0.25, -0.2) is 4.98 Å². The molecule has 2 rings (SSSR count). The van der Waals surface area contributed by atoms with Crippen LogP contribution >= 0.6 is 22.9 Å². The van der Waals surface area contributed by atoms with Crippen molar-refractivity contribution in [3.05, 3.63) is 28.4 Å². The van der Waals surface area contributed by atoms with Gasteiger partial charge in [-0.05, 0) is 29.3 Å². The maximum atomic E-state index is 5.74. The summed E-state index contributed by atoms with van der Waals surface area (Å²) in [5.74, 6) is 0. The Morgan fingerprint density at radius 3 is 3.18 bits per heavy atom. The highest BCUT2D eigenvalue weighted by atomic mass is 35.5. The van der Waals surface area contributed by atoms with Crippen LogP contribution < -0.4 is 0 Å². The van der Waals surface area contributed by atoms with Gasteiger partial charge in [0, 0.05) is 6.20 Å². The maximum Gasteiger partial charge on any atom is 0.129 e. The monoisotopic (exact) mass is 183 g/mol. The minimum absolute atomic E-state index is 0.569. The molecule has 0 aliphatic heterocycles. The highest BCUT2D eigenvalue weighted by molar-refractivity contribution is 7.17. The number of thiophene rings is 1. The zero-order valence-corrected chi connectivity index (χ0v) is 7.54. The largest absolute Gasteiger partial charge is 0.243 e. The van der Waals surface area contributed by atoms with E-state index in [1.807, 2.05) is 12.3 Å². The molecular weight excluding hydrogens is 178 g/mol. The molecule has 0 radical (unpaired) electrons. The fourth-order valence-electron chi connectivity index (χ4n) is 1.03. The van der Waals surface area contributed by atoms with Gasteiger partial charge in [-0.2, -0.15) is 0 Å². The summed E-state index contributed by atoms with van der Waals surface area (Å²) in [4.78, 5) is 4.00. The lowest BCUT2D eigenvalue weighted by Crippen LogP contribution is -1.72. The lowest BCUT2D eigenvalue weighted by atomic mass is 10.2. The zero-order chi connectivity index (χ0) is 7.84. The van der Waals surface area contributed by atoms with Gasteiger partial charge in [0.15, 0.2) is 0 Å². The summed E-state index contributed by atoms with van der Waals surface area (Å²) in [7, 11) is 0. The van der Waals surface area contributed by atoms with Gasteiger partial charge in [0.1, 0.15) is 5.15 Å². The fourth-order valence-corrected chi connectivity index (χ4v) is 2.08. The number of rotatable bonds is 0. The third-order valence-electron chi connectivity index (χ3n) is 1.62. The average Bonchev–Trinajstić information content (AvgIpc) is 2.33. The molecule has 0 N–H and O–H groups in total. The van der Waals surface area contributed by atoms with Crippen molar-refractivity contribution in [3.8, 4) is 0 Å². The Kier molecular flexibility index (Phi) is 1.59. The Morgan fingerprint density at radius 1 is 1.55 bits per heavy atom. The van der Waals surface area contributed by atoms with Gasteiger partial charge in [0.25, 0.3) is 0 Å². The van der Waals surface area contributed by atoms with Crippen molar-refractivity contribution in [2.75, 3.05) is 0 Å². The van der Waals surface area contributed by atoms with Crippen molar-refractivity contribution in [1.82, 2.24) is 4.98 Å². The van der Waals surface area contributed by atoms with Crippen LogP contribution in [-0.4, -0.2) is 4.98 Å². The van der Waals surface area contributed by atoms with Crippen molar-refractivity contribution in [2.24, 2.45) is 0 Å². The van der Waals surface area contributed by atoms with Crippen LogP contribution in [0, 0.1) is 6.92 Å². The predicted molar refractivity (Wildman–Crippen MR) is 49.4 cm³/mol. The normalized spacial score (nSPS) is 10.7. The van der Waals surface area contributed by atoms with E-state index in [1.165, 1.54) is 15.6 Å². The molecule has 0 bridgehead atoms. The summed E-state index contributed by atoms with van der Waals surface area (Å²) >= 11 is 7.44. The number of fused-ring (bicyclic) bond motifs is 1. The minimum atomic E-state index is 0.569. The van der Waals surface area contributed by atoms with Crippen LogP contribution in [0.5, 0.6) is 0 Å². The molecule has 2 heterocycles. The number of aromatic nitrogens is 1. The molecule has 56 valence electrons. The molecule has 0 saturated carbocycles. The molecule has 0 aliphatic carbocycles. The van der Waals surface area contributed by atoms with Crippen LogP contribution in [0.4, 0.5) is 0 Å². The van der Waals surface area contributed by atoms with Gasteiger partial charge < -0.3 is 0 Å². The summed E-state index contributed by atoms with van der Waals surface area (Å²) in [5.41, 5.74) is 1.27. The molecule has 2 aromatic heterocycles. The number of hydrogen-bond acceptors (Lipinski definition) is 2. The second-order valence-electron chi connectivity index (χ2n) is 2.42. The predicted octanol–water partition coefficient (Wildman–Crippen LogP) is 3.26. The van der Waals surface area contributed by atoms with E-state index in [9.17, 15) is 0 Å². The number of nitrogens with zero attached hydrogens (tertiary/aromatic N) is 1. The molecule has 2 aromatic rings. The molecule has 0 amide bonds. The molecule has 11 heavy (non-hydrogen) atoms. The van der Waals surface area contributed by atoms with Crippen LogP contribution in [0.15, 0.2) is 17.6 Å². The number of pyridine rings is 1. The molecule has 0 unspecified atom stereocenters. The summed E-state index contributed by atoms with van der Waals surface area (Å²) < 4.78 is 1.20. The first-order valence-corrected chi connectivity index (χ1v) is 4.52. The van der Waals surface area contributed by atoms with E-state index in [0.29, 0.717) is 5.15 Å². The van der Waals surface area contributed by atoms with E-state index >= 15 is 0 Å². The summed E-state index contributed by atoms with van der Waals surface area (Å²) in [6.45, 7) is 2.08. The van der Waals surface area contributed by atoms with E-state index in [-0.39, 0.29) is 0 Å². The van der Waals surface area contributed by atoms with Crippen LogP contribution in [0.1, 0.15) is 5.56 Å². The lowest BCUT2D eigenvalue weighted by Gasteiger charge is -1.90. The summed E-state index contributed by atoms with van der Waals surface area (Å²) in [6.07, 6.45) is 1.81. The molecule has 0 fully saturated rings. The van der Waals surface area contributed by atoms with E-state index in [2.05, 4.69) is 17.3 Å². The summed E-state index contributed by atoms with van der Waals surface area (Å²) in [6, 6.07) is 1.91. The topological polar surface area (TPSA) is 12.9 Å². The Balaban J connectivity index is 2.87. The van der Waals surface area contributed by atoms with Crippen molar-refractivity contribution in [2.45, 2.75) is 6.92 Å². The molecule has 1 nitrogen and oxygen atoms in total. The molecule has 0 aliphatic rings. The van der Waals surface area contributed by atoms with E-state index < -0.39 is 0 Å². The van der Waals surface area contributed by atoms with Crippen molar-refractivity contribution in [3.63, 3.8) is 0 Å². The Morgan fingerprint density at radius 2 is 2.36 bits per heavy atom. The number of aryl methyl sites for hydroxylation is 1. The van der Waals surface area contributed by atoms with Gasteiger partial charge >= 0.3 is 0 Å². The Hall–Kier alpha value is -0.600. The van der Waals surface area contributed by atoms with Crippen LogP contribution in [0.25, 0.3) is 10.1 Å².